The number of aromatic nitrogens is 2. The number of nitrogens with one attached hydrogen (secondary N) is 1. The van der Waals surface area contributed by atoms with E-state index < -0.39 is 35.2 Å². The minimum Gasteiger partial charge on any atom is -0.497 e. The molecule has 2 aliphatic rings. The highest BCUT2D eigenvalue weighted by Crippen LogP contribution is 2.29. The second-order valence-corrected chi connectivity index (χ2v) is 13.7. The first-order valence-corrected chi connectivity index (χ1v) is 16.8. The molecule has 15 heteroatoms. The number of hydrogen-bond acceptors (Lipinski definition) is 7. The number of hydrogen-bond donors (Lipinski definition) is 1. The third-order valence-corrected chi connectivity index (χ3v) is 9.68. The first kappa shape index (κ1) is 36.4. The summed E-state index contributed by atoms with van der Waals surface area (Å²) in [6, 6.07) is 9.21. The molecule has 4 amide bonds. The van der Waals surface area contributed by atoms with Crippen molar-refractivity contribution in [1.29, 1.82) is 0 Å². The highest BCUT2D eigenvalue weighted by molar-refractivity contribution is 6.33. The highest BCUT2D eigenvalue weighted by atomic mass is 35.5. The van der Waals surface area contributed by atoms with Crippen molar-refractivity contribution in [1.82, 2.24) is 23.8 Å². The SMILES string of the molecule is COc1ccc2c(c1)CCN(C1CCN(C(=O)Cn3cc(-c4cccc(F)c4Cl)c(=O)n(CCOC(=O)N(C)C(C)(C)C)c3=O)CC1)C(=O)N2. The zero-order valence-corrected chi connectivity index (χ0v) is 29.6. The molecule has 3 heterocycles. The number of methoxy groups -OCH3 is 1. The Morgan fingerprint density at radius 3 is 2.46 bits per heavy atom. The fourth-order valence-electron chi connectivity index (χ4n) is 6.03. The first-order valence-electron chi connectivity index (χ1n) is 16.4. The second kappa shape index (κ2) is 15.0. The molecule has 0 radical (unpaired) electrons. The van der Waals surface area contributed by atoms with Gasteiger partial charge in [-0.2, -0.15) is 0 Å². The summed E-state index contributed by atoms with van der Waals surface area (Å²) in [5, 5.41) is 2.67. The van der Waals surface area contributed by atoms with Gasteiger partial charge in [0.25, 0.3) is 5.56 Å². The molecule has 2 aliphatic heterocycles. The number of carbonyl (C=O) groups excluding carboxylic acids is 3. The van der Waals surface area contributed by atoms with E-state index in [4.69, 9.17) is 21.1 Å². The van der Waals surface area contributed by atoms with E-state index in [1.807, 2.05) is 32.9 Å². The lowest BCUT2D eigenvalue weighted by Crippen LogP contribution is -2.51. The maximum Gasteiger partial charge on any atom is 0.409 e. The summed E-state index contributed by atoms with van der Waals surface area (Å²) in [4.78, 5) is 71.3. The summed E-state index contributed by atoms with van der Waals surface area (Å²) >= 11 is 6.23. The quantitative estimate of drug-likeness (QED) is 0.365. The number of carbonyl (C=O) groups is 3. The second-order valence-electron chi connectivity index (χ2n) is 13.4. The normalized spacial score (nSPS) is 15.2. The molecule has 0 atom stereocenters. The van der Waals surface area contributed by atoms with Gasteiger partial charge in [-0.15, -0.1) is 0 Å². The Labute approximate surface area is 294 Å². The summed E-state index contributed by atoms with van der Waals surface area (Å²) in [5.41, 5.74) is -0.418. The fraction of sp³-hybridized carbons (Fsp3) is 0.457. The van der Waals surface area contributed by atoms with Gasteiger partial charge in [0.05, 0.1) is 24.2 Å². The van der Waals surface area contributed by atoms with Crippen LogP contribution in [0.25, 0.3) is 11.1 Å². The van der Waals surface area contributed by atoms with Gasteiger partial charge in [0.1, 0.15) is 24.7 Å². The lowest BCUT2D eigenvalue weighted by Gasteiger charge is -2.38. The van der Waals surface area contributed by atoms with Crippen molar-refractivity contribution in [3.05, 3.63) is 79.8 Å². The molecule has 1 N–H and O–H groups in total. The molecule has 2 aromatic carbocycles. The van der Waals surface area contributed by atoms with Gasteiger partial charge in [-0.25, -0.2) is 18.8 Å². The summed E-state index contributed by atoms with van der Waals surface area (Å²) in [7, 11) is 3.17. The summed E-state index contributed by atoms with van der Waals surface area (Å²) < 4.78 is 27.0. The number of anilines is 1. The Hall–Kier alpha value is -4.85. The number of fused-ring (bicyclic) bond motifs is 1. The smallest absolute Gasteiger partial charge is 0.409 e. The van der Waals surface area contributed by atoms with Gasteiger partial charge in [-0.1, -0.05) is 23.7 Å². The Morgan fingerprint density at radius 1 is 1.06 bits per heavy atom. The average molecular weight is 713 g/mol. The molecule has 5 rings (SSSR count). The van der Waals surface area contributed by atoms with Crippen molar-refractivity contribution in [2.45, 2.75) is 64.7 Å². The molecular weight excluding hydrogens is 671 g/mol. The van der Waals surface area contributed by atoms with Crippen molar-refractivity contribution < 1.29 is 28.2 Å². The molecule has 1 saturated heterocycles. The number of urea groups is 1. The number of nitrogens with zero attached hydrogens (tertiary/aromatic N) is 5. The summed E-state index contributed by atoms with van der Waals surface area (Å²) in [6.07, 6.45) is 2.28. The first-order chi connectivity index (χ1) is 23.7. The molecule has 0 bridgehead atoms. The molecule has 1 fully saturated rings. The molecule has 13 nitrogen and oxygen atoms in total. The summed E-state index contributed by atoms with van der Waals surface area (Å²) in [6.45, 7) is 5.66. The van der Waals surface area contributed by atoms with Crippen molar-refractivity contribution in [2.75, 3.05) is 45.7 Å². The third-order valence-electron chi connectivity index (χ3n) is 9.30. The number of halogens is 2. The Balaban J connectivity index is 1.31. The standard InChI is InChI=1S/C35H42ClFN6O7/c1-35(2,3)39(4)34(48)50-18-17-43-31(45)26(25-7-6-8-27(37)30(25)36)20-41(33(43)47)21-29(44)40-14-12-23(13-15-40)42-16-11-22-19-24(49-5)9-10-28(22)38-32(42)46/h6-10,19-20,23H,11-18,21H2,1-5H3,(H,38,46). The Kier molecular flexibility index (Phi) is 10.9. The van der Waals surface area contributed by atoms with Crippen LogP contribution in [-0.2, 0) is 29.0 Å². The lowest BCUT2D eigenvalue weighted by atomic mass is 10.0. The predicted molar refractivity (Wildman–Crippen MR) is 186 cm³/mol. The van der Waals surface area contributed by atoms with Crippen molar-refractivity contribution in [2.24, 2.45) is 0 Å². The molecule has 0 spiro atoms. The molecule has 3 aromatic rings. The molecule has 0 unspecified atom stereocenters. The van der Waals surface area contributed by atoms with E-state index in [1.54, 1.807) is 30.0 Å². The van der Waals surface area contributed by atoms with E-state index in [0.29, 0.717) is 44.6 Å². The molecule has 0 saturated carbocycles. The summed E-state index contributed by atoms with van der Waals surface area (Å²) in [5.74, 6) is -0.413. The molecule has 50 heavy (non-hydrogen) atoms. The largest absolute Gasteiger partial charge is 0.497 e. The Bertz CT molecular complexity index is 1900. The molecule has 0 aliphatic carbocycles. The number of amides is 4. The Morgan fingerprint density at radius 2 is 1.78 bits per heavy atom. The fourth-order valence-corrected chi connectivity index (χ4v) is 6.26. The van der Waals surface area contributed by atoms with Gasteiger partial charge in [0.15, 0.2) is 0 Å². The molecule has 1 aromatic heterocycles. The number of rotatable bonds is 8. The van der Waals surface area contributed by atoms with Crippen LogP contribution in [0, 0.1) is 5.82 Å². The maximum absolute atomic E-state index is 14.4. The van der Waals surface area contributed by atoms with Crippen LogP contribution in [0.4, 0.5) is 19.7 Å². The minimum absolute atomic E-state index is 0.0493. The zero-order valence-electron chi connectivity index (χ0n) is 28.8. The van der Waals surface area contributed by atoms with Crippen molar-refractivity contribution in [3.63, 3.8) is 0 Å². The lowest BCUT2D eigenvalue weighted by molar-refractivity contribution is -0.133. The number of piperidine rings is 1. The zero-order chi connectivity index (χ0) is 36.3. The topological polar surface area (TPSA) is 135 Å². The van der Waals surface area contributed by atoms with Crippen LogP contribution in [-0.4, -0.2) is 93.8 Å². The molecule has 268 valence electrons. The van der Waals surface area contributed by atoms with Crippen LogP contribution in [0.15, 0.2) is 52.2 Å². The van der Waals surface area contributed by atoms with Crippen molar-refractivity contribution >= 4 is 35.3 Å². The van der Waals surface area contributed by atoms with E-state index in [9.17, 15) is 28.4 Å². The maximum atomic E-state index is 14.4. The predicted octanol–water partition coefficient (Wildman–Crippen LogP) is 4.43. The van der Waals surface area contributed by atoms with Gasteiger partial charge in [-0.3, -0.25) is 18.7 Å². The number of ether oxygens (including phenoxy) is 2. The van der Waals surface area contributed by atoms with Gasteiger partial charge in [0, 0.05) is 55.7 Å². The van der Waals surface area contributed by atoms with Gasteiger partial charge in [-0.05, 0) is 69.9 Å². The monoisotopic (exact) mass is 712 g/mol. The van der Waals surface area contributed by atoms with Crippen LogP contribution >= 0.6 is 11.6 Å². The van der Waals surface area contributed by atoms with Crippen LogP contribution in [0.2, 0.25) is 5.02 Å². The minimum atomic E-state index is -0.799. The van der Waals surface area contributed by atoms with E-state index in [-0.39, 0.29) is 47.3 Å². The van der Waals surface area contributed by atoms with E-state index in [2.05, 4.69) is 5.32 Å². The van der Waals surface area contributed by atoms with Crippen molar-refractivity contribution in [3.8, 4) is 16.9 Å². The van der Waals surface area contributed by atoms with Gasteiger partial charge >= 0.3 is 17.8 Å². The van der Waals surface area contributed by atoms with Crippen LogP contribution in [0.5, 0.6) is 5.75 Å². The van der Waals surface area contributed by atoms with E-state index in [0.717, 1.165) is 26.5 Å². The van der Waals surface area contributed by atoms with Gasteiger partial charge in [0.2, 0.25) is 5.91 Å². The molecular formula is C35H42ClFN6O7. The van der Waals surface area contributed by atoms with Crippen LogP contribution in [0.1, 0.15) is 39.2 Å². The number of benzene rings is 2. The highest BCUT2D eigenvalue weighted by Gasteiger charge is 2.32. The van der Waals surface area contributed by atoms with E-state index in [1.165, 1.54) is 23.2 Å². The number of likely N-dealkylation sites (tertiary alicyclic amines) is 1. The van der Waals surface area contributed by atoms with Gasteiger partial charge < -0.3 is 29.5 Å². The average Bonchev–Trinajstić information content (AvgIpc) is 3.25. The van der Waals surface area contributed by atoms with Crippen LogP contribution < -0.4 is 21.3 Å². The third kappa shape index (κ3) is 7.80. The van der Waals surface area contributed by atoms with E-state index >= 15 is 0 Å². The van der Waals surface area contributed by atoms with Crippen LogP contribution in [0.3, 0.4) is 0 Å².